The zero-order valence-electron chi connectivity index (χ0n) is 17.7. The van der Waals surface area contributed by atoms with Crippen LogP contribution in [-0.4, -0.2) is 20.5 Å². The van der Waals surface area contributed by atoms with Crippen LogP contribution in [0.5, 0.6) is 23.0 Å². The van der Waals surface area contributed by atoms with Crippen molar-refractivity contribution in [3.63, 3.8) is 0 Å². The number of fused-ring (bicyclic) bond motifs is 5. The third-order valence-electron chi connectivity index (χ3n) is 6.04. The molecule has 0 saturated carbocycles. The Hall–Kier alpha value is -2.95. The molecule has 0 fully saturated rings. The Bertz CT molecular complexity index is 1090. The van der Waals surface area contributed by atoms with Gasteiger partial charge in [-0.1, -0.05) is 26.2 Å². The molecule has 0 N–H and O–H groups in total. The molecule has 0 radical (unpaired) electrons. The van der Waals surface area contributed by atoms with E-state index in [2.05, 4.69) is 42.0 Å². The highest BCUT2D eigenvalue weighted by atomic mass is 16.7. The lowest BCUT2D eigenvalue weighted by molar-refractivity contribution is -0.686. The van der Waals surface area contributed by atoms with E-state index in [4.69, 9.17) is 18.9 Å². The molecule has 0 saturated heterocycles. The maximum atomic E-state index is 6.23. The number of hydrogen-bond donors (Lipinski definition) is 0. The van der Waals surface area contributed by atoms with E-state index in [0.717, 1.165) is 53.2 Å². The summed E-state index contributed by atoms with van der Waals surface area (Å²) in [5.41, 5.74) is 3.71. The molecule has 0 bridgehead atoms. The SMILES string of the molecule is CCCCCCOc1c(OC)ccc2cc3[n+](cc12)CCc1cc2c(cc1-3)OCO2. The first kappa shape index (κ1) is 19.0. The summed E-state index contributed by atoms with van der Waals surface area (Å²) >= 11 is 0. The van der Waals surface area contributed by atoms with E-state index in [1.807, 2.05) is 6.07 Å². The second-order valence-corrected chi connectivity index (χ2v) is 7.97. The van der Waals surface area contributed by atoms with Gasteiger partial charge in [0.25, 0.3) is 0 Å². The molecular formula is C25H28NO4+. The number of aromatic nitrogens is 1. The Balaban J connectivity index is 1.54. The number of methoxy groups -OCH3 is 1. The second kappa shape index (κ2) is 8.05. The second-order valence-electron chi connectivity index (χ2n) is 7.97. The van der Waals surface area contributed by atoms with Crippen molar-refractivity contribution in [2.24, 2.45) is 0 Å². The van der Waals surface area contributed by atoms with Crippen molar-refractivity contribution in [1.29, 1.82) is 0 Å². The van der Waals surface area contributed by atoms with Crippen molar-refractivity contribution < 1.29 is 23.5 Å². The number of ether oxygens (including phenoxy) is 4. The van der Waals surface area contributed by atoms with Crippen molar-refractivity contribution in [2.75, 3.05) is 20.5 Å². The summed E-state index contributed by atoms with van der Waals surface area (Å²) in [6.45, 7) is 4.16. The van der Waals surface area contributed by atoms with E-state index in [-0.39, 0.29) is 0 Å². The number of aryl methyl sites for hydroxylation is 2. The minimum Gasteiger partial charge on any atom is -0.493 e. The summed E-state index contributed by atoms with van der Waals surface area (Å²) in [4.78, 5) is 0. The predicted molar refractivity (Wildman–Crippen MR) is 116 cm³/mol. The molecule has 0 amide bonds. The lowest BCUT2D eigenvalue weighted by Crippen LogP contribution is -2.40. The van der Waals surface area contributed by atoms with Crippen LogP contribution in [0.25, 0.3) is 22.0 Å². The Morgan fingerprint density at radius 2 is 1.90 bits per heavy atom. The third-order valence-corrected chi connectivity index (χ3v) is 6.04. The van der Waals surface area contributed by atoms with Crippen LogP contribution in [0.15, 0.2) is 36.5 Å². The first-order chi connectivity index (χ1) is 14.8. The Morgan fingerprint density at radius 3 is 2.73 bits per heavy atom. The van der Waals surface area contributed by atoms with Crippen LogP contribution >= 0.6 is 0 Å². The summed E-state index contributed by atoms with van der Waals surface area (Å²) in [5, 5.41) is 2.24. The fourth-order valence-electron chi connectivity index (χ4n) is 4.41. The third kappa shape index (κ3) is 3.32. The van der Waals surface area contributed by atoms with Gasteiger partial charge in [-0.3, -0.25) is 0 Å². The Kier molecular flexibility index (Phi) is 5.11. The summed E-state index contributed by atoms with van der Waals surface area (Å²) in [6.07, 6.45) is 7.90. The summed E-state index contributed by atoms with van der Waals surface area (Å²) in [6, 6.07) is 10.6. The van der Waals surface area contributed by atoms with Gasteiger partial charge in [-0.15, -0.1) is 0 Å². The normalized spacial score (nSPS) is 13.8. The Morgan fingerprint density at radius 1 is 1.03 bits per heavy atom. The van der Waals surface area contributed by atoms with E-state index in [1.165, 1.54) is 36.1 Å². The molecule has 0 atom stereocenters. The molecule has 1 aromatic heterocycles. The predicted octanol–water partition coefficient (Wildman–Crippen LogP) is 5.05. The highest BCUT2D eigenvalue weighted by Gasteiger charge is 2.28. The quantitative estimate of drug-likeness (QED) is 0.407. The van der Waals surface area contributed by atoms with Crippen LogP contribution in [-0.2, 0) is 13.0 Å². The van der Waals surface area contributed by atoms with Crippen LogP contribution in [0.4, 0.5) is 0 Å². The summed E-state index contributed by atoms with van der Waals surface area (Å²) in [5.74, 6) is 3.32. The van der Waals surface area contributed by atoms with Gasteiger partial charge in [-0.2, -0.15) is 4.57 Å². The molecule has 2 aliphatic heterocycles. The van der Waals surface area contributed by atoms with Crippen LogP contribution in [0.1, 0.15) is 38.2 Å². The Labute approximate surface area is 177 Å². The van der Waals surface area contributed by atoms with E-state index in [1.54, 1.807) is 7.11 Å². The van der Waals surface area contributed by atoms with E-state index in [9.17, 15) is 0 Å². The number of rotatable bonds is 7. The van der Waals surface area contributed by atoms with E-state index < -0.39 is 0 Å². The molecule has 5 rings (SSSR count). The molecule has 5 heteroatoms. The summed E-state index contributed by atoms with van der Waals surface area (Å²) in [7, 11) is 1.70. The number of pyridine rings is 1. The molecule has 156 valence electrons. The van der Waals surface area contributed by atoms with Gasteiger partial charge in [0.2, 0.25) is 12.5 Å². The van der Waals surface area contributed by atoms with Crippen LogP contribution in [0.3, 0.4) is 0 Å². The van der Waals surface area contributed by atoms with Gasteiger partial charge in [0.1, 0.15) is 0 Å². The fraction of sp³-hybridized carbons (Fsp3) is 0.400. The van der Waals surface area contributed by atoms with Crippen molar-refractivity contribution >= 4 is 10.8 Å². The number of benzene rings is 2. The highest BCUT2D eigenvalue weighted by molar-refractivity contribution is 5.91. The average Bonchev–Trinajstić information content (AvgIpc) is 3.23. The van der Waals surface area contributed by atoms with Gasteiger partial charge in [0.05, 0.1) is 24.7 Å². The molecule has 2 aliphatic rings. The molecule has 3 heterocycles. The number of nitrogens with zero attached hydrogens (tertiary/aromatic N) is 1. The minimum atomic E-state index is 0.300. The lowest BCUT2D eigenvalue weighted by Gasteiger charge is -2.18. The number of hydrogen-bond acceptors (Lipinski definition) is 4. The van der Waals surface area contributed by atoms with Crippen LogP contribution in [0, 0.1) is 0 Å². The van der Waals surface area contributed by atoms with Crippen molar-refractivity contribution in [1.82, 2.24) is 0 Å². The monoisotopic (exact) mass is 406 g/mol. The van der Waals surface area contributed by atoms with Crippen molar-refractivity contribution in [3.05, 3.63) is 42.1 Å². The first-order valence-electron chi connectivity index (χ1n) is 10.9. The molecule has 0 unspecified atom stereocenters. The molecule has 30 heavy (non-hydrogen) atoms. The van der Waals surface area contributed by atoms with Crippen molar-refractivity contribution in [2.45, 2.75) is 45.6 Å². The molecular weight excluding hydrogens is 378 g/mol. The fourth-order valence-corrected chi connectivity index (χ4v) is 4.41. The van der Waals surface area contributed by atoms with Gasteiger partial charge in [0, 0.05) is 12.5 Å². The smallest absolute Gasteiger partial charge is 0.231 e. The first-order valence-corrected chi connectivity index (χ1v) is 10.9. The number of unbranched alkanes of at least 4 members (excludes halogenated alkanes) is 3. The van der Waals surface area contributed by atoms with Crippen LogP contribution < -0.4 is 23.5 Å². The minimum absolute atomic E-state index is 0.300. The van der Waals surface area contributed by atoms with Gasteiger partial charge in [0.15, 0.2) is 35.7 Å². The average molecular weight is 407 g/mol. The van der Waals surface area contributed by atoms with Crippen LogP contribution in [0.2, 0.25) is 0 Å². The zero-order chi connectivity index (χ0) is 20.5. The van der Waals surface area contributed by atoms with Gasteiger partial charge >= 0.3 is 0 Å². The maximum absolute atomic E-state index is 6.23. The molecule has 2 aromatic carbocycles. The molecule has 5 nitrogen and oxygen atoms in total. The highest BCUT2D eigenvalue weighted by Crippen LogP contribution is 2.41. The standard InChI is InChI=1S/C25H28NO4/c1-3-4-5-6-11-28-25-20-15-26-10-9-18-13-23-24(30-16-29-23)14-19(18)21(26)12-17(20)7-8-22(25)27-2/h7-8,12-15H,3-6,9-11,16H2,1-2H3/q+1. The van der Waals surface area contributed by atoms with Gasteiger partial charge < -0.3 is 18.9 Å². The van der Waals surface area contributed by atoms with E-state index in [0.29, 0.717) is 13.4 Å². The maximum Gasteiger partial charge on any atom is 0.231 e. The molecule has 3 aromatic rings. The largest absolute Gasteiger partial charge is 0.493 e. The lowest BCUT2D eigenvalue weighted by atomic mass is 9.95. The molecule has 0 spiro atoms. The van der Waals surface area contributed by atoms with E-state index >= 15 is 0 Å². The molecule has 0 aliphatic carbocycles. The van der Waals surface area contributed by atoms with Gasteiger partial charge in [-0.25, -0.2) is 0 Å². The van der Waals surface area contributed by atoms with Gasteiger partial charge in [-0.05, 0) is 41.6 Å². The topological polar surface area (TPSA) is 40.8 Å². The zero-order valence-corrected chi connectivity index (χ0v) is 17.7. The van der Waals surface area contributed by atoms with Crippen molar-refractivity contribution in [3.8, 4) is 34.3 Å². The summed E-state index contributed by atoms with van der Waals surface area (Å²) < 4.78 is 25.4.